The van der Waals surface area contributed by atoms with E-state index in [2.05, 4.69) is 10.6 Å². The summed E-state index contributed by atoms with van der Waals surface area (Å²) in [6.45, 7) is 1.68. The van der Waals surface area contributed by atoms with Gasteiger partial charge in [-0.25, -0.2) is 22.8 Å². The van der Waals surface area contributed by atoms with Crippen LogP contribution in [0.1, 0.15) is 45.7 Å². The molecular formula is C45H33F5N2O5. The molecule has 6 aromatic carbocycles. The number of alkyl carbamates (subject to hydrolysis) is 1. The Morgan fingerprint density at radius 1 is 0.614 bits per heavy atom. The number of halogens is 5. The smallest absolute Gasteiger partial charge is 0.407 e. The van der Waals surface area contributed by atoms with E-state index in [9.17, 15) is 36.3 Å². The minimum Gasteiger partial charge on any atom is -0.449 e. The van der Waals surface area contributed by atoms with E-state index in [4.69, 9.17) is 9.47 Å². The zero-order valence-electron chi connectivity index (χ0n) is 30.2. The van der Waals surface area contributed by atoms with Crippen molar-refractivity contribution >= 4 is 18.0 Å². The van der Waals surface area contributed by atoms with Crippen LogP contribution in [0.3, 0.4) is 0 Å². The number of rotatable bonds is 11. The summed E-state index contributed by atoms with van der Waals surface area (Å²) in [6, 6.07) is 38.2. The Morgan fingerprint density at radius 2 is 1.07 bits per heavy atom. The molecule has 0 heterocycles. The third kappa shape index (κ3) is 7.45. The first-order chi connectivity index (χ1) is 27.5. The molecule has 57 heavy (non-hydrogen) atoms. The predicted octanol–water partition coefficient (Wildman–Crippen LogP) is 9.00. The summed E-state index contributed by atoms with van der Waals surface area (Å²) in [5, 5.41) is 5.24. The summed E-state index contributed by atoms with van der Waals surface area (Å²) in [6.07, 6.45) is -2.15. The van der Waals surface area contributed by atoms with Gasteiger partial charge in [0.15, 0.2) is 0 Å². The van der Waals surface area contributed by atoms with Crippen molar-refractivity contribution in [2.24, 2.45) is 0 Å². The highest BCUT2D eigenvalue weighted by atomic mass is 19.2. The molecule has 7 nitrogen and oxygen atoms in total. The van der Waals surface area contributed by atoms with E-state index in [1.807, 2.05) is 79.7 Å². The van der Waals surface area contributed by atoms with Crippen LogP contribution in [0.2, 0.25) is 0 Å². The van der Waals surface area contributed by atoms with Gasteiger partial charge < -0.3 is 20.1 Å². The SMILES string of the molecule is Cc1ccc(C(NC(=O)C[C@H](NC(=O)OCC2c3ccccc3-c3ccccc32)C(=O)Oc2c(F)c(F)c(F)c(F)c2F)(c2ccccc2)c2ccccc2)cc1. The highest BCUT2D eigenvalue weighted by molar-refractivity contribution is 5.90. The molecule has 0 saturated heterocycles. The van der Waals surface area contributed by atoms with Crippen molar-refractivity contribution in [3.63, 3.8) is 0 Å². The number of hydrogen-bond acceptors (Lipinski definition) is 5. The first kappa shape index (κ1) is 38.5. The normalized spacial score (nSPS) is 12.6. The van der Waals surface area contributed by atoms with Crippen LogP contribution in [0.15, 0.2) is 133 Å². The number of nitrogens with one attached hydrogen (secondary N) is 2. The van der Waals surface area contributed by atoms with Crippen LogP contribution in [-0.2, 0) is 19.9 Å². The van der Waals surface area contributed by atoms with Gasteiger partial charge in [-0.05, 0) is 45.9 Å². The number of fused-ring (bicyclic) bond motifs is 3. The Bertz CT molecular complexity index is 2350. The molecule has 2 amide bonds. The largest absolute Gasteiger partial charge is 0.449 e. The van der Waals surface area contributed by atoms with E-state index in [1.165, 1.54) is 0 Å². The van der Waals surface area contributed by atoms with Crippen molar-refractivity contribution < 1.29 is 45.8 Å². The molecule has 0 saturated carbocycles. The van der Waals surface area contributed by atoms with Crippen molar-refractivity contribution in [2.75, 3.05) is 6.61 Å². The van der Waals surface area contributed by atoms with Crippen LogP contribution in [-0.4, -0.2) is 30.6 Å². The zero-order chi connectivity index (χ0) is 40.3. The van der Waals surface area contributed by atoms with Crippen LogP contribution >= 0.6 is 0 Å². The van der Waals surface area contributed by atoms with Gasteiger partial charge in [-0.1, -0.05) is 139 Å². The first-order valence-electron chi connectivity index (χ1n) is 17.8. The summed E-state index contributed by atoms with van der Waals surface area (Å²) >= 11 is 0. The summed E-state index contributed by atoms with van der Waals surface area (Å²) in [7, 11) is 0. The molecule has 2 N–H and O–H groups in total. The summed E-state index contributed by atoms with van der Waals surface area (Å²) in [5.41, 5.74) is 5.01. The fraction of sp³-hybridized carbons (Fsp3) is 0.133. The van der Waals surface area contributed by atoms with E-state index in [0.717, 1.165) is 27.8 Å². The molecule has 0 aromatic heterocycles. The number of carbonyl (C=O) groups is 3. The maximum Gasteiger partial charge on any atom is 0.407 e. The Balaban J connectivity index is 1.21. The third-order valence-corrected chi connectivity index (χ3v) is 9.91. The summed E-state index contributed by atoms with van der Waals surface area (Å²) < 4.78 is 81.8. The molecule has 6 aromatic rings. The fourth-order valence-corrected chi connectivity index (χ4v) is 7.16. The maximum atomic E-state index is 14.7. The van der Waals surface area contributed by atoms with E-state index >= 15 is 0 Å². The van der Waals surface area contributed by atoms with E-state index in [1.54, 1.807) is 60.7 Å². The van der Waals surface area contributed by atoms with Gasteiger partial charge in [-0.15, -0.1) is 0 Å². The average molecular weight is 777 g/mol. The Morgan fingerprint density at radius 3 is 1.60 bits per heavy atom. The maximum absolute atomic E-state index is 14.7. The van der Waals surface area contributed by atoms with Gasteiger partial charge in [0.2, 0.25) is 40.7 Å². The van der Waals surface area contributed by atoms with Crippen LogP contribution in [0.5, 0.6) is 5.75 Å². The highest BCUT2D eigenvalue weighted by Crippen LogP contribution is 2.44. The van der Waals surface area contributed by atoms with E-state index in [-0.39, 0.29) is 6.61 Å². The molecule has 7 rings (SSSR count). The van der Waals surface area contributed by atoms with Crippen molar-refractivity contribution in [2.45, 2.75) is 30.8 Å². The molecule has 12 heteroatoms. The fourth-order valence-electron chi connectivity index (χ4n) is 7.16. The Kier molecular flexibility index (Phi) is 10.9. The van der Waals surface area contributed by atoms with Crippen molar-refractivity contribution in [1.29, 1.82) is 0 Å². The molecule has 0 fully saturated rings. The first-order valence-corrected chi connectivity index (χ1v) is 17.8. The highest BCUT2D eigenvalue weighted by Gasteiger charge is 2.40. The van der Waals surface area contributed by atoms with Crippen LogP contribution in [0.25, 0.3) is 11.1 Å². The number of benzene rings is 6. The number of ether oxygens (including phenoxy) is 2. The number of aryl methyl sites for hydroxylation is 1. The van der Waals surface area contributed by atoms with Crippen molar-refractivity contribution in [1.82, 2.24) is 10.6 Å². The van der Waals surface area contributed by atoms with E-state index in [0.29, 0.717) is 16.7 Å². The number of esters is 1. The lowest BCUT2D eigenvalue weighted by Crippen LogP contribution is -2.51. The van der Waals surface area contributed by atoms with Gasteiger partial charge in [-0.2, -0.15) is 8.78 Å². The molecule has 1 atom stereocenters. The second kappa shape index (κ2) is 16.1. The van der Waals surface area contributed by atoms with Gasteiger partial charge >= 0.3 is 12.1 Å². The van der Waals surface area contributed by atoms with Crippen LogP contribution < -0.4 is 15.4 Å². The summed E-state index contributed by atoms with van der Waals surface area (Å²) in [4.78, 5) is 41.4. The second-order valence-electron chi connectivity index (χ2n) is 13.4. The van der Waals surface area contributed by atoms with Gasteiger partial charge in [0, 0.05) is 5.92 Å². The van der Waals surface area contributed by atoms with Crippen LogP contribution in [0.4, 0.5) is 26.7 Å². The van der Waals surface area contributed by atoms with Gasteiger partial charge in [0.1, 0.15) is 18.2 Å². The van der Waals surface area contributed by atoms with Crippen molar-refractivity contribution in [3.8, 4) is 16.9 Å². The molecule has 1 aliphatic rings. The predicted molar refractivity (Wildman–Crippen MR) is 201 cm³/mol. The molecular weight excluding hydrogens is 743 g/mol. The quantitative estimate of drug-likeness (QED) is 0.0342. The zero-order valence-corrected chi connectivity index (χ0v) is 30.2. The van der Waals surface area contributed by atoms with Gasteiger partial charge in [0.05, 0.1) is 6.42 Å². The molecule has 288 valence electrons. The number of carbonyl (C=O) groups excluding carboxylic acids is 3. The minimum atomic E-state index is -2.47. The van der Waals surface area contributed by atoms with Crippen LogP contribution in [0, 0.1) is 36.0 Å². The topological polar surface area (TPSA) is 93.7 Å². The molecule has 1 aliphatic carbocycles. The third-order valence-electron chi connectivity index (χ3n) is 9.91. The molecule has 0 aliphatic heterocycles. The standard InChI is InChI=1S/C45H33F5N2O5/c1-26-20-22-29(23-21-26)45(27-12-4-2-5-13-27,28-14-6-3-7-15-28)52-36(53)24-35(43(54)57-42-40(49)38(47)37(46)39(48)41(42)50)51-44(55)56-25-34-32-18-10-8-16-30(32)31-17-9-11-19-33(31)34/h2-23,34-35H,24-25H2,1H3,(H,51,55)(H,52,53)/t35-/m0/s1. The lowest BCUT2D eigenvalue weighted by molar-refractivity contribution is -0.139. The molecule has 0 spiro atoms. The van der Waals surface area contributed by atoms with Crippen molar-refractivity contribution in [3.05, 3.63) is 196 Å². The van der Waals surface area contributed by atoms with Gasteiger partial charge in [0.25, 0.3) is 0 Å². The van der Waals surface area contributed by atoms with Gasteiger partial charge in [-0.3, -0.25) is 4.79 Å². The minimum absolute atomic E-state index is 0.218. The Labute approximate surface area is 324 Å². The molecule has 0 radical (unpaired) electrons. The van der Waals surface area contributed by atoms with E-state index < -0.39 is 76.7 Å². The number of amides is 2. The Hall–Kier alpha value is -6.82. The lowest BCUT2D eigenvalue weighted by atomic mass is 9.76. The lowest BCUT2D eigenvalue weighted by Gasteiger charge is -2.37. The summed E-state index contributed by atoms with van der Waals surface area (Å²) in [5.74, 6) is -16.9. The molecule has 0 bridgehead atoms. The monoisotopic (exact) mass is 776 g/mol. The average Bonchev–Trinajstić information content (AvgIpc) is 3.56. The number of hydrogen-bond donors (Lipinski definition) is 2. The molecule has 0 unspecified atom stereocenters. The second-order valence-corrected chi connectivity index (χ2v) is 13.4.